The second-order valence-electron chi connectivity index (χ2n) is 3.18. The first-order valence-electron chi connectivity index (χ1n) is 4.58. The smallest absolute Gasteiger partial charge is 0.170 e. The fraction of sp³-hybridized carbons (Fsp3) is 0.333. The average Bonchev–Trinajstić information content (AvgIpc) is 2.76. The lowest BCUT2D eigenvalue weighted by atomic mass is 10.5. The minimum Gasteiger partial charge on any atom is -0.360 e. The summed E-state index contributed by atoms with van der Waals surface area (Å²) in [5, 5.41) is 13.6. The zero-order valence-corrected chi connectivity index (χ0v) is 8.57. The van der Waals surface area contributed by atoms with Gasteiger partial charge in [0.25, 0.3) is 0 Å². The largest absolute Gasteiger partial charge is 0.360 e. The molecule has 2 aromatic heterocycles. The van der Waals surface area contributed by atoms with Gasteiger partial charge in [-0.15, -0.1) is 0 Å². The maximum Gasteiger partial charge on any atom is 0.170 e. The maximum atomic E-state index is 4.90. The van der Waals surface area contributed by atoms with Crippen molar-refractivity contribution in [1.82, 2.24) is 10.3 Å². The van der Waals surface area contributed by atoms with Crippen LogP contribution in [0.2, 0.25) is 0 Å². The number of nitrogens with one attached hydrogen (secondary N) is 2. The monoisotopic (exact) mass is 208 g/mol. The minimum absolute atomic E-state index is 0.512. The van der Waals surface area contributed by atoms with Crippen LogP contribution in [-0.2, 0) is 0 Å². The highest BCUT2D eigenvalue weighted by molar-refractivity contribution is 5.38. The molecular weight excluding hydrogens is 196 g/mol. The molecule has 6 heteroatoms. The molecule has 0 aliphatic rings. The summed E-state index contributed by atoms with van der Waals surface area (Å²) in [5.41, 5.74) is 0. The summed E-state index contributed by atoms with van der Waals surface area (Å²) >= 11 is 0. The Kier molecular flexibility index (Phi) is 2.57. The molecule has 2 heterocycles. The lowest BCUT2D eigenvalue weighted by Crippen LogP contribution is -2.11. The van der Waals surface area contributed by atoms with Crippen LogP contribution in [-0.4, -0.2) is 17.0 Å². The van der Waals surface area contributed by atoms with Crippen molar-refractivity contribution in [2.45, 2.75) is 13.8 Å². The van der Waals surface area contributed by atoms with Gasteiger partial charge < -0.3 is 19.7 Å². The topological polar surface area (TPSA) is 76.1 Å². The molecule has 2 rings (SSSR count). The molecule has 15 heavy (non-hydrogen) atoms. The third-order valence-corrected chi connectivity index (χ3v) is 1.79. The first kappa shape index (κ1) is 9.57. The van der Waals surface area contributed by atoms with Crippen molar-refractivity contribution in [3.63, 3.8) is 0 Å². The Balaban J connectivity index is 1.80. The number of aromatic nitrogens is 2. The molecule has 80 valence electrons. The standard InChI is InChI=1S/C9H12N4O2/c1-6-3-8(12-14-6)10-5-11-9-4-7(2)15-13-9/h3-4H,5H2,1-2H3,(H,10,12)(H,11,13). The Morgan fingerprint density at radius 1 is 1.00 bits per heavy atom. The third-order valence-electron chi connectivity index (χ3n) is 1.79. The van der Waals surface area contributed by atoms with Crippen LogP contribution in [0.3, 0.4) is 0 Å². The number of anilines is 2. The lowest BCUT2D eigenvalue weighted by Gasteiger charge is -2.01. The Hall–Kier alpha value is -1.98. The number of hydrogen-bond acceptors (Lipinski definition) is 6. The molecule has 0 atom stereocenters. The van der Waals surface area contributed by atoms with Crippen LogP contribution in [0.15, 0.2) is 21.2 Å². The van der Waals surface area contributed by atoms with Crippen molar-refractivity contribution in [1.29, 1.82) is 0 Å². The van der Waals surface area contributed by atoms with E-state index in [1.807, 2.05) is 26.0 Å². The van der Waals surface area contributed by atoms with E-state index in [1.54, 1.807) is 0 Å². The van der Waals surface area contributed by atoms with E-state index in [-0.39, 0.29) is 0 Å². The van der Waals surface area contributed by atoms with Gasteiger partial charge in [0.15, 0.2) is 11.6 Å². The lowest BCUT2D eigenvalue weighted by molar-refractivity contribution is 0.399. The molecule has 2 N–H and O–H groups in total. The highest BCUT2D eigenvalue weighted by Gasteiger charge is 2.00. The van der Waals surface area contributed by atoms with Gasteiger partial charge in [0.1, 0.15) is 11.5 Å². The molecule has 0 spiro atoms. The van der Waals surface area contributed by atoms with Crippen molar-refractivity contribution in [2.75, 3.05) is 17.3 Å². The van der Waals surface area contributed by atoms with Crippen LogP contribution in [0.1, 0.15) is 11.5 Å². The first-order valence-corrected chi connectivity index (χ1v) is 4.58. The van der Waals surface area contributed by atoms with E-state index in [4.69, 9.17) is 9.05 Å². The van der Waals surface area contributed by atoms with Gasteiger partial charge in [-0.1, -0.05) is 10.3 Å². The quantitative estimate of drug-likeness (QED) is 0.745. The van der Waals surface area contributed by atoms with Crippen molar-refractivity contribution in [3.05, 3.63) is 23.7 Å². The van der Waals surface area contributed by atoms with Crippen LogP contribution in [0.25, 0.3) is 0 Å². The van der Waals surface area contributed by atoms with E-state index in [9.17, 15) is 0 Å². The highest BCUT2D eigenvalue weighted by atomic mass is 16.5. The van der Waals surface area contributed by atoms with Gasteiger partial charge in [0.05, 0.1) is 6.67 Å². The van der Waals surface area contributed by atoms with Crippen LogP contribution in [0, 0.1) is 13.8 Å². The molecule has 6 nitrogen and oxygen atoms in total. The predicted molar refractivity (Wildman–Crippen MR) is 54.6 cm³/mol. The van der Waals surface area contributed by atoms with E-state index in [2.05, 4.69) is 20.9 Å². The zero-order chi connectivity index (χ0) is 10.7. The Morgan fingerprint density at radius 2 is 1.47 bits per heavy atom. The summed E-state index contributed by atoms with van der Waals surface area (Å²) < 4.78 is 9.79. The van der Waals surface area contributed by atoms with E-state index in [1.165, 1.54) is 0 Å². The number of hydrogen-bond donors (Lipinski definition) is 2. The maximum absolute atomic E-state index is 4.90. The van der Waals surface area contributed by atoms with E-state index >= 15 is 0 Å². The molecule has 0 fully saturated rings. The fourth-order valence-corrected chi connectivity index (χ4v) is 1.12. The molecule has 2 aromatic rings. The second kappa shape index (κ2) is 4.04. The molecule has 0 aliphatic carbocycles. The average molecular weight is 208 g/mol. The first-order chi connectivity index (χ1) is 7.24. The number of nitrogens with zero attached hydrogens (tertiary/aromatic N) is 2. The van der Waals surface area contributed by atoms with Crippen molar-refractivity contribution in [3.8, 4) is 0 Å². The van der Waals surface area contributed by atoms with Crippen LogP contribution in [0.4, 0.5) is 11.6 Å². The summed E-state index contributed by atoms with van der Waals surface area (Å²) in [6.07, 6.45) is 0. The SMILES string of the molecule is Cc1cc(NCNc2cc(C)on2)no1. The molecule has 0 aromatic carbocycles. The van der Waals surface area contributed by atoms with Crippen molar-refractivity contribution >= 4 is 11.6 Å². The molecular formula is C9H12N4O2. The summed E-state index contributed by atoms with van der Waals surface area (Å²) in [5.74, 6) is 2.94. The van der Waals surface area contributed by atoms with Gasteiger partial charge in [-0.2, -0.15) is 0 Å². The van der Waals surface area contributed by atoms with Crippen LogP contribution < -0.4 is 10.6 Å². The molecule has 0 amide bonds. The summed E-state index contributed by atoms with van der Waals surface area (Å²) in [6.45, 7) is 4.19. The van der Waals surface area contributed by atoms with Gasteiger partial charge in [-0.25, -0.2) is 0 Å². The highest BCUT2D eigenvalue weighted by Crippen LogP contribution is 2.08. The van der Waals surface area contributed by atoms with Crippen LogP contribution >= 0.6 is 0 Å². The van der Waals surface area contributed by atoms with Gasteiger partial charge in [0, 0.05) is 12.1 Å². The third kappa shape index (κ3) is 2.49. The van der Waals surface area contributed by atoms with E-state index in [0.29, 0.717) is 18.3 Å². The van der Waals surface area contributed by atoms with Crippen molar-refractivity contribution in [2.24, 2.45) is 0 Å². The second-order valence-corrected chi connectivity index (χ2v) is 3.18. The van der Waals surface area contributed by atoms with Crippen LogP contribution in [0.5, 0.6) is 0 Å². The number of rotatable bonds is 4. The molecule has 0 saturated heterocycles. The Bertz CT molecular complexity index is 395. The van der Waals surface area contributed by atoms with Gasteiger partial charge in [-0.3, -0.25) is 0 Å². The Morgan fingerprint density at radius 3 is 1.80 bits per heavy atom. The zero-order valence-electron chi connectivity index (χ0n) is 8.57. The molecule has 0 radical (unpaired) electrons. The molecule has 0 bridgehead atoms. The van der Waals surface area contributed by atoms with Gasteiger partial charge in [0.2, 0.25) is 0 Å². The number of aryl methyl sites for hydroxylation is 2. The minimum atomic E-state index is 0.512. The fourth-order valence-electron chi connectivity index (χ4n) is 1.12. The Labute approximate surface area is 86.6 Å². The van der Waals surface area contributed by atoms with Crippen molar-refractivity contribution < 1.29 is 9.05 Å². The normalized spacial score (nSPS) is 10.3. The summed E-state index contributed by atoms with van der Waals surface area (Å²) in [7, 11) is 0. The van der Waals surface area contributed by atoms with E-state index < -0.39 is 0 Å². The predicted octanol–water partition coefficient (Wildman–Crippen LogP) is 1.76. The van der Waals surface area contributed by atoms with E-state index in [0.717, 1.165) is 11.5 Å². The van der Waals surface area contributed by atoms with Gasteiger partial charge in [-0.05, 0) is 13.8 Å². The van der Waals surface area contributed by atoms with Gasteiger partial charge >= 0.3 is 0 Å². The molecule has 0 unspecified atom stereocenters. The summed E-state index contributed by atoms with van der Waals surface area (Å²) in [6, 6.07) is 3.63. The summed E-state index contributed by atoms with van der Waals surface area (Å²) in [4.78, 5) is 0. The molecule has 0 saturated carbocycles. The molecule has 0 aliphatic heterocycles.